The molecule has 0 saturated heterocycles. The van der Waals surface area contributed by atoms with E-state index in [9.17, 15) is 26.3 Å². The molecule has 1 aromatic rings. The van der Waals surface area contributed by atoms with Crippen LogP contribution in [0.4, 0.5) is 26.3 Å². The molecule has 0 aliphatic rings. The molecule has 0 aromatic heterocycles. The molecular formula is C8H3BrF6. The topological polar surface area (TPSA) is 0 Å². The van der Waals surface area contributed by atoms with Gasteiger partial charge in [0.05, 0.1) is 15.2 Å². The molecule has 0 aliphatic carbocycles. The van der Waals surface area contributed by atoms with Crippen molar-refractivity contribution >= 4 is 15.9 Å². The van der Waals surface area contributed by atoms with E-state index in [1.54, 1.807) is 0 Å². The number of hydrogen-bond donors (Lipinski definition) is 0. The zero-order valence-corrected chi connectivity index (χ0v) is 8.23. The Hall–Kier alpha value is -0.720. The molecule has 0 unspecified atom stereocenters. The van der Waals surface area contributed by atoms with Crippen molar-refractivity contribution in [1.29, 1.82) is 0 Å². The lowest BCUT2D eigenvalue weighted by Gasteiger charge is -2.11. The molecule has 84 valence electrons. The molecule has 1 aromatic carbocycles. The lowest BCUT2D eigenvalue weighted by atomic mass is 10.1. The van der Waals surface area contributed by atoms with Gasteiger partial charge < -0.3 is 0 Å². The summed E-state index contributed by atoms with van der Waals surface area (Å²) >= 11 is 2.34. The number of benzene rings is 1. The minimum atomic E-state index is -5.27. The highest BCUT2D eigenvalue weighted by Gasteiger charge is 2.36. The third kappa shape index (κ3) is 3.12. The van der Waals surface area contributed by atoms with E-state index in [0.29, 0.717) is 0 Å². The second-order valence-corrected chi connectivity index (χ2v) is 3.23. The van der Waals surface area contributed by atoms with Crippen molar-refractivity contribution in [2.75, 3.05) is 0 Å². The van der Waals surface area contributed by atoms with Crippen LogP contribution in [0.3, 0.4) is 0 Å². The summed E-state index contributed by atoms with van der Waals surface area (Å²) in [4.78, 5) is 0. The van der Waals surface area contributed by atoms with Crippen LogP contribution in [0.25, 0.3) is 0 Å². The van der Waals surface area contributed by atoms with E-state index in [2.05, 4.69) is 15.9 Å². The van der Waals surface area contributed by atoms with Crippen molar-refractivity contribution in [2.24, 2.45) is 0 Å². The van der Waals surface area contributed by atoms with Gasteiger partial charge >= 0.3 is 12.4 Å². The normalized spacial score (nSPS) is 15.8. The van der Waals surface area contributed by atoms with Gasteiger partial charge in [-0.25, -0.2) is 0 Å². The van der Waals surface area contributed by atoms with Crippen LogP contribution in [-0.2, 0) is 12.4 Å². The van der Waals surface area contributed by atoms with Gasteiger partial charge in [0.2, 0.25) is 0 Å². The SMILES string of the molecule is [2H]c1c(Br)c([2H])c(C(F)(F)F)c([2H])c1C(F)(F)F. The standard InChI is InChI=1S/C8H3BrF6/c9-6-2-4(7(10,11)12)1-5(3-6)8(13,14)15/h1-3H/i1D,2D,3D. The molecule has 0 radical (unpaired) electrons. The molecule has 0 heterocycles. The average molecular weight is 296 g/mol. The second kappa shape index (κ2) is 3.70. The van der Waals surface area contributed by atoms with E-state index in [1.165, 1.54) is 0 Å². The fourth-order valence-corrected chi connectivity index (χ4v) is 1.12. The van der Waals surface area contributed by atoms with E-state index in [4.69, 9.17) is 4.11 Å². The van der Waals surface area contributed by atoms with Crippen LogP contribution in [0.15, 0.2) is 22.6 Å². The lowest BCUT2D eigenvalue weighted by molar-refractivity contribution is -0.143. The monoisotopic (exact) mass is 295 g/mol. The maximum absolute atomic E-state index is 12.5. The minimum Gasteiger partial charge on any atom is -0.166 e. The third-order valence-corrected chi connectivity index (χ3v) is 1.68. The molecule has 0 saturated carbocycles. The first-order valence-electron chi connectivity index (χ1n) is 4.82. The molecule has 1 rings (SSSR count). The third-order valence-electron chi connectivity index (χ3n) is 1.29. The predicted octanol–water partition coefficient (Wildman–Crippen LogP) is 4.49. The van der Waals surface area contributed by atoms with Crippen molar-refractivity contribution in [3.63, 3.8) is 0 Å². The zero-order chi connectivity index (χ0) is 14.5. The van der Waals surface area contributed by atoms with Gasteiger partial charge in [0.15, 0.2) is 0 Å². The number of alkyl halides is 6. The summed E-state index contributed by atoms with van der Waals surface area (Å²) in [6, 6.07) is -4.62. The largest absolute Gasteiger partial charge is 0.416 e. The molecule has 0 fully saturated rings. The van der Waals surface area contributed by atoms with Gasteiger partial charge in [-0.3, -0.25) is 0 Å². The van der Waals surface area contributed by atoms with Crippen LogP contribution >= 0.6 is 15.9 Å². The molecule has 0 amide bonds. The molecule has 0 N–H and O–H groups in total. The number of hydrogen-bond acceptors (Lipinski definition) is 0. The Morgan fingerprint density at radius 3 is 1.47 bits per heavy atom. The number of halogens is 7. The van der Waals surface area contributed by atoms with E-state index >= 15 is 0 Å². The summed E-state index contributed by atoms with van der Waals surface area (Å²) in [7, 11) is 0. The predicted molar refractivity (Wildman–Crippen MR) is 44.1 cm³/mol. The van der Waals surface area contributed by atoms with Crippen LogP contribution in [0.1, 0.15) is 15.2 Å². The van der Waals surface area contributed by atoms with Gasteiger partial charge in [0, 0.05) is 4.47 Å². The highest BCUT2D eigenvalue weighted by Crippen LogP contribution is 2.37. The second-order valence-electron chi connectivity index (χ2n) is 2.43. The summed E-state index contributed by atoms with van der Waals surface area (Å²) < 4.78 is 95.1. The smallest absolute Gasteiger partial charge is 0.166 e. The van der Waals surface area contributed by atoms with Crippen LogP contribution in [0.2, 0.25) is 0 Å². The Kier molecular flexibility index (Phi) is 2.08. The van der Waals surface area contributed by atoms with E-state index in [1.807, 2.05) is 0 Å². The maximum Gasteiger partial charge on any atom is 0.416 e. The van der Waals surface area contributed by atoms with Crippen LogP contribution in [0, 0.1) is 0 Å². The molecule has 0 atom stereocenters. The average Bonchev–Trinajstić information content (AvgIpc) is 2.09. The Morgan fingerprint density at radius 2 is 1.20 bits per heavy atom. The Labute approximate surface area is 93.2 Å². The van der Waals surface area contributed by atoms with Crippen molar-refractivity contribution < 1.29 is 30.5 Å². The molecule has 0 bridgehead atoms. The maximum atomic E-state index is 12.5. The van der Waals surface area contributed by atoms with Gasteiger partial charge in [-0.1, -0.05) is 15.9 Å². The van der Waals surface area contributed by atoms with E-state index in [0.717, 1.165) is 0 Å². The van der Waals surface area contributed by atoms with Crippen molar-refractivity contribution in [3.05, 3.63) is 33.7 Å². The first kappa shape index (κ1) is 8.43. The summed E-state index contributed by atoms with van der Waals surface area (Å²) in [5.74, 6) is 0. The molecule has 0 spiro atoms. The van der Waals surface area contributed by atoms with Crippen molar-refractivity contribution in [1.82, 2.24) is 0 Å². The Morgan fingerprint density at radius 1 is 0.867 bits per heavy atom. The van der Waals surface area contributed by atoms with E-state index < -0.39 is 46.1 Å². The summed E-state index contributed by atoms with van der Waals surface area (Å²) in [6.45, 7) is 0. The Bertz CT molecular complexity index is 452. The summed E-state index contributed by atoms with van der Waals surface area (Å²) in [6.07, 6.45) is -10.5. The Balaban J connectivity index is 3.83. The van der Waals surface area contributed by atoms with Crippen LogP contribution in [0.5, 0.6) is 0 Å². The fourth-order valence-electron chi connectivity index (χ4n) is 0.722. The molecule has 15 heavy (non-hydrogen) atoms. The van der Waals surface area contributed by atoms with Crippen LogP contribution in [-0.4, -0.2) is 0 Å². The lowest BCUT2D eigenvalue weighted by Crippen LogP contribution is -2.10. The first-order valence-corrected chi connectivity index (χ1v) is 4.12. The van der Waals surface area contributed by atoms with Crippen molar-refractivity contribution in [2.45, 2.75) is 12.4 Å². The minimum absolute atomic E-state index is 0.946. The van der Waals surface area contributed by atoms with Crippen LogP contribution < -0.4 is 0 Å². The molecule has 0 nitrogen and oxygen atoms in total. The fraction of sp³-hybridized carbons (Fsp3) is 0.250. The van der Waals surface area contributed by atoms with Gasteiger partial charge in [0.1, 0.15) is 0 Å². The highest BCUT2D eigenvalue weighted by molar-refractivity contribution is 9.10. The zero-order valence-electron chi connectivity index (χ0n) is 9.65. The molecular weight excluding hydrogens is 290 g/mol. The number of rotatable bonds is 0. The summed E-state index contributed by atoms with van der Waals surface area (Å²) in [5, 5.41) is 0. The highest BCUT2D eigenvalue weighted by atomic mass is 79.9. The van der Waals surface area contributed by atoms with E-state index in [-0.39, 0.29) is 0 Å². The first-order chi connectivity index (χ1) is 7.89. The van der Waals surface area contributed by atoms with Gasteiger partial charge in [0.25, 0.3) is 0 Å². The molecule has 7 heteroatoms. The van der Waals surface area contributed by atoms with Gasteiger partial charge in [-0.15, -0.1) is 0 Å². The molecule has 0 aliphatic heterocycles. The van der Waals surface area contributed by atoms with Gasteiger partial charge in [-0.05, 0) is 18.1 Å². The summed E-state index contributed by atoms with van der Waals surface area (Å²) in [5.41, 5.74) is -4.03. The quantitative estimate of drug-likeness (QED) is 0.619. The van der Waals surface area contributed by atoms with Gasteiger partial charge in [-0.2, -0.15) is 26.3 Å². The van der Waals surface area contributed by atoms with Crippen molar-refractivity contribution in [3.8, 4) is 0 Å².